The van der Waals surface area contributed by atoms with Crippen LogP contribution in [0.15, 0.2) is 54.6 Å². The predicted molar refractivity (Wildman–Crippen MR) is 117 cm³/mol. The number of unbranched alkanes of at least 4 members (excludes halogenated alkanes) is 1. The molecule has 0 saturated heterocycles. The van der Waals surface area contributed by atoms with Crippen molar-refractivity contribution in [2.24, 2.45) is 0 Å². The van der Waals surface area contributed by atoms with Crippen molar-refractivity contribution in [3.63, 3.8) is 0 Å². The summed E-state index contributed by atoms with van der Waals surface area (Å²) in [6, 6.07) is 19.2. The van der Waals surface area contributed by atoms with Gasteiger partial charge in [-0.1, -0.05) is 90.5 Å². The maximum Gasteiger partial charge on any atom is 0.231 e. The second-order valence-corrected chi connectivity index (χ2v) is 8.28. The van der Waals surface area contributed by atoms with Gasteiger partial charge in [-0.25, -0.2) is 0 Å². The highest BCUT2D eigenvalue weighted by Gasteiger charge is 2.51. The molecule has 1 amide bonds. The summed E-state index contributed by atoms with van der Waals surface area (Å²) < 4.78 is 1.14. The number of alkyl halides is 1. The van der Waals surface area contributed by atoms with Gasteiger partial charge in [-0.3, -0.25) is 4.79 Å². The molecule has 138 valence electrons. The second kappa shape index (κ2) is 9.03. The van der Waals surface area contributed by atoms with Crippen molar-refractivity contribution in [3.05, 3.63) is 71.3 Å². The van der Waals surface area contributed by atoms with Crippen molar-refractivity contribution < 1.29 is 4.79 Å². The van der Waals surface area contributed by atoms with Crippen LogP contribution in [0.1, 0.15) is 55.2 Å². The molecule has 0 bridgehead atoms. The lowest BCUT2D eigenvalue weighted by molar-refractivity contribution is -0.127. The van der Waals surface area contributed by atoms with E-state index < -0.39 is 5.41 Å². The standard InChI is InChI=1S/C23H28INO/c1-2-16-25-22(26)23(14-8-9-15-24)20-13-7-6-12-19(20)17-21(23)18-10-4-3-5-11-18/h3-7,10-13,21H,2,8-9,14-17H2,1H3,(H,25,26)/t21?,23-/m1/s1. The SMILES string of the molecule is CCCNC(=O)[C@]1(CCCCI)c2ccccc2CC1c1ccccc1. The summed E-state index contributed by atoms with van der Waals surface area (Å²) >= 11 is 2.44. The molecule has 0 spiro atoms. The van der Waals surface area contributed by atoms with Gasteiger partial charge < -0.3 is 5.32 Å². The molecule has 2 aromatic rings. The van der Waals surface area contributed by atoms with Crippen LogP contribution in [-0.2, 0) is 16.6 Å². The average Bonchev–Trinajstić information content (AvgIpc) is 3.02. The van der Waals surface area contributed by atoms with E-state index in [-0.39, 0.29) is 11.8 Å². The van der Waals surface area contributed by atoms with Crippen LogP contribution in [0.25, 0.3) is 0 Å². The van der Waals surface area contributed by atoms with E-state index in [1.54, 1.807) is 0 Å². The number of rotatable bonds is 8. The van der Waals surface area contributed by atoms with Crippen molar-refractivity contribution in [2.75, 3.05) is 11.0 Å². The highest BCUT2D eigenvalue weighted by atomic mass is 127. The van der Waals surface area contributed by atoms with Crippen molar-refractivity contribution in [3.8, 4) is 0 Å². The number of hydrogen-bond donors (Lipinski definition) is 1. The Balaban J connectivity index is 2.08. The molecule has 0 saturated carbocycles. The Morgan fingerprint density at radius 3 is 2.58 bits per heavy atom. The van der Waals surface area contributed by atoms with Gasteiger partial charge in [-0.05, 0) is 46.8 Å². The summed E-state index contributed by atoms with van der Waals surface area (Å²) in [5.41, 5.74) is 3.42. The van der Waals surface area contributed by atoms with Crippen LogP contribution in [0.4, 0.5) is 0 Å². The Hall–Kier alpha value is -1.36. The third kappa shape index (κ3) is 3.68. The lowest BCUT2D eigenvalue weighted by Crippen LogP contribution is -2.47. The molecular formula is C23H28INO. The van der Waals surface area contributed by atoms with E-state index in [0.717, 1.165) is 43.1 Å². The molecule has 0 fully saturated rings. The third-order valence-electron chi connectivity index (χ3n) is 5.61. The van der Waals surface area contributed by atoms with Gasteiger partial charge in [0.25, 0.3) is 0 Å². The number of carbonyl (C=O) groups is 1. The Morgan fingerprint density at radius 2 is 1.85 bits per heavy atom. The zero-order valence-electron chi connectivity index (χ0n) is 15.5. The predicted octanol–water partition coefficient (Wildman–Crippen LogP) is 5.40. The molecule has 3 rings (SSSR count). The molecule has 1 N–H and O–H groups in total. The van der Waals surface area contributed by atoms with Gasteiger partial charge in [0.15, 0.2) is 0 Å². The molecule has 0 heterocycles. The first-order valence-electron chi connectivity index (χ1n) is 9.71. The van der Waals surface area contributed by atoms with Crippen LogP contribution in [-0.4, -0.2) is 16.9 Å². The normalized spacial score (nSPS) is 21.4. The van der Waals surface area contributed by atoms with E-state index in [4.69, 9.17) is 0 Å². The molecule has 0 aromatic heterocycles. The molecule has 26 heavy (non-hydrogen) atoms. The zero-order valence-corrected chi connectivity index (χ0v) is 17.7. The molecular weight excluding hydrogens is 433 g/mol. The van der Waals surface area contributed by atoms with Gasteiger partial charge in [-0.2, -0.15) is 0 Å². The van der Waals surface area contributed by atoms with Crippen LogP contribution in [0.2, 0.25) is 0 Å². The quantitative estimate of drug-likeness (QED) is 0.319. The summed E-state index contributed by atoms with van der Waals surface area (Å²) in [5.74, 6) is 0.429. The fourth-order valence-corrected chi connectivity index (χ4v) is 4.94. The van der Waals surface area contributed by atoms with Crippen LogP contribution in [0, 0.1) is 0 Å². The van der Waals surface area contributed by atoms with Crippen molar-refractivity contribution in [1.29, 1.82) is 0 Å². The second-order valence-electron chi connectivity index (χ2n) is 7.20. The van der Waals surface area contributed by atoms with Crippen molar-refractivity contribution in [2.45, 2.75) is 50.4 Å². The van der Waals surface area contributed by atoms with E-state index >= 15 is 0 Å². The zero-order chi connectivity index (χ0) is 18.4. The van der Waals surface area contributed by atoms with Crippen LogP contribution in [0.3, 0.4) is 0 Å². The van der Waals surface area contributed by atoms with Gasteiger partial charge in [0.2, 0.25) is 5.91 Å². The number of halogens is 1. The number of benzene rings is 2. The summed E-state index contributed by atoms with van der Waals surface area (Å²) in [6.45, 7) is 2.86. The average molecular weight is 461 g/mol. The van der Waals surface area contributed by atoms with Gasteiger partial charge in [0, 0.05) is 12.5 Å². The van der Waals surface area contributed by atoms with Gasteiger partial charge >= 0.3 is 0 Å². The maximum absolute atomic E-state index is 13.6. The summed E-state index contributed by atoms with van der Waals surface area (Å²) in [4.78, 5) is 13.6. The van der Waals surface area contributed by atoms with Crippen LogP contribution < -0.4 is 5.32 Å². The fourth-order valence-electron chi connectivity index (χ4n) is 4.40. The minimum Gasteiger partial charge on any atom is -0.355 e. The minimum atomic E-state index is -0.446. The first-order chi connectivity index (χ1) is 12.7. The molecule has 2 nitrogen and oxygen atoms in total. The summed E-state index contributed by atoms with van der Waals surface area (Å²) in [6.07, 6.45) is 5.08. The number of nitrogens with one attached hydrogen (secondary N) is 1. The lowest BCUT2D eigenvalue weighted by Gasteiger charge is -2.36. The molecule has 1 aliphatic rings. The monoisotopic (exact) mass is 461 g/mol. The number of hydrogen-bond acceptors (Lipinski definition) is 1. The first kappa shape index (κ1) is 19.4. The molecule has 1 aliphatic carbocycles. The topological polar surface area (TPSA) is 29.1 Å². The molecule has 0 radical (unpaired) electrons. The Morgan fingerprint density at radius 1 is 1.12 bits per heavy atom. The van der Waals surface area contributed by atoms with Gasteiger partial charge in [0.05, 0.1) is 5.41 Å². The highest BCUT2D eigenvalue weighted by Crippen LogP contribution is 2.52. The van der Waals surface area contributed by atoms with Gasteiger partial charge in [-0.15, -0.1) is 0 Å². The highest BCUT2D eigenvalue weighted by molar-refractivity contribution is 14.1. The molecule has 3 heteroatoms. The van der Waals surface area contributed by atoms with E-state index in [0.29, 0.717) is 0 Å². The fraction of sp³-hybridized carbons (Fsp3) is 0.435. The molecule has 1 unspecified atom stereocenters. The summed E-state index contributed by atoms with van der Waals surface area (Å²) in [5, 5.41) is 3.24. The largest absolute Gasteiger partial charge is 0.355 e. The number of fused-ring (bicyclic) bond motifs is 1. The first-order valence-corrected chi connectivity index (χ1v) is 11.2. The number of carbonyl (C=O) groups excluding carboxylic acids is 1. The number of amides is 1. The Labute approximate surface area is 170 Å². The molecule has 2 atom stereocenters. The molecule has 2 aromatic carbocycles. The minimum absolute atomic E-state index is 0.214. The van der Waals surface area contributed by atoms with E-state index in [9.17, 15) is 4.79 Å². The van der Waals surface area contributed by atoms with Crippen LogP contribution in [0.5, 0.6) is 0 Å². The van der Waals surface area contributed by atoms with E-state index in [1.807, 2.05) is 0 Å². The van der Waals surface area contributed by atoms with E-state index in [2.05, 4.69) is 89.4 Å². The Kier molecular flexibility index (Phi) is 6.74. The lowest BCUT2D eigenvalue weighted by atomic mass is 9.68. The van der Waals surface area contributed by atoms with Crippen molar-refractivity contribution in [1.82, 2.24) is 5.32 Å². The summed E-state index contributed by atoms with van der Waals surface area (Å²) in [7, 11) is 0. The smallest absolute Gasteiger partial charge is 0.231 e. The Bertz CT molecular complexity index is 730. The van der Waals surface area contributed by atoms with Gasteiger partial charge in [0.1, 0.15) is 0 Å². The third-order valence-corrected chi connectivity index (χ3v) is 6.38. The van der Waals surface area contributed by atoms with Crippen molar-refractivity contribution >= 4 is 28.5 Å². The molecule has 0 aliphatic heterocycles. The maximum atomic E-state index is 13.6. The van der Waals surface area contributed by atoms with E-state index in [1.165, 1.54) is 16.7 Å². The van der Waals surface area contributed by atoms with Crippen LogP contribution >= 0.6 is 22.6 Å².